The number of ketones is 1. The highest BCUT2D eigenvalue weighted by molar-refractivity contribution is 14.1. The first-order chi connectivity index (χ1) is 15.5. The molecular formula is C25H40IN3O4. The standard InChI is InChI=1S/C24H37N3O4.CH3I/c1-8-11-12-26-18(9-2)13-19(23(25-10-3)31-17(5)28)27-16(4)22-20(29)14-24(6,7)15-21(22)30;1-2/h9,12,19,29H,8,10-11,13-15H2,1-7H3;1H3/b18-9-,25-23?,26-12?,27-16?;. The molecule has 7 nitrogen and oxygen atoms in total. The Balaban J connectivity index is 0.00000497. The van der Waals surface area contributed by atoms with E-state index in [2.05, 4.69) is 39.5 Å². The Morgan fingerprint density at radius 2 is 1.88 bits per heavy atom. The van der Waals surface area contributed by atoms with Gasteiger partial charge in [0.05, 0.1) is 5.57 Å². The molecule has 0 fully saturated rings. The molecule has 1 unspecified atom stereocenters. The van der Waals surface area contributed by atoms with Crippen LogP contribution in [0.3, 0.4) is 0 Å². The normalized spacial score (nSPS) is 18.2. The van der Waals surface area contributed by atoms with Crippen molar-refractivity contribution >= 4 is 52.2 Å². The SMILES string of the molecule is C/C=C(/CC(N=C(C)C1=C(O)CC(C)(C)CC1=O)C(=NCC)OC(C)=O)N=CCCC.CI. The van der Waals surface area contributed by atoms with Gasteiger partial charge in [-0.25, -0.2) is 0 Å². The van der Waals surface area contributed by atoms with Crippen molar-refractivity contribution in [2.24, 2.45) is 20.4 Å². The quantitative estimate of drug-likeness (QED) is 0.116. The molecule has 1 N–H and O–H groups in total. The van der Waals surface area contributed by atoms with Crippen molar-refractivity contribution in [2.75, 3.05) is 11.5 Å². The Morgan fingerprint density at radius 3 is 2.36 bits per heavy atom. The number of Topliss-reactive ketones (excluding diaryl/α,β-unsaturated/α-hetero) is 1. The number of esters is 1. The molecule has 1 rings (SSSR count). The highest BCUT2D eigenvalue weighted by atomic mass is 127. The second-order valence-electron chi connectivity index (χ2n) is 8.48. The first kappa shape index (κ1) is 31.2. The summed E-state index contributed by atoms with van der Waals surface area (Å²) in [5, 5.41) is 10.5. The van der Waals surface area contributed by atoms with Crippen LogP contribution in [0.4, 0.5) is 0 Å². The van der Waals surface area contributed by atoms with Gasteiger partial charge in [-0.1, -0.05) is 55.9 Å². The van der Waals surface area contributed by atoms with Crippen molar-refractivity contribution in [3.8, 4) is 0 Å². The van der Waals surface area contributed by atoms with Gasteiger partial charge in [-0.2, -0.15) is 0 Å². The van der Waals surface area contributed by atoms with Gasteiger partial charge in [0.15, 0.2) is 5.78 Å². The zero-order chi connectivity index (χ0) is 25.6. The van der Waals surface area contributed by atoms with Crippen molar-refractivity contribution < 1.29 is 19.4 Å². The molecule has 8 heteroatoms. The number of ether oxygens (including phenoxy) is 1. The minimum absolute atomic E-state index is 0.0509. The third kappa shape index (κ3) is 11.2. The average molecular weight is 574 g/mol. The lowest BCUT2D eigenvalue weighted by molar-refractivity contribution is -0.133. The molecular weight excluding hydrogens is 533 g/mol. The van der Waals surface area contributed by atoms with Crippen molar-refractivity contribution in [1.29, 1.82) is 0 Å². The molecule has 0 spiro atoms. The van der Waals surface area contributed by atoms with Crippen LogP contribution in [-0.4, -0.2) is 52.2 Å². The Hall–Kier alpha value is -1.84. The summed E-state index contributed by atoms with van der Waals surface area (Å²) in [4.78, 5) is 39.9. The van der Waals surface area contributed by atoms with Gasteiger partial charge in [-0.3, -0.25) is 24.6 Å². The Morgan fingerprint density at radius 1 is 1.24 bits per heavy atom. The third-order valence-electron chi connectivity index (χ3n) is 4.82. The van der Waals surface area contributed by atoms with Gasteiger partial charge < -0.3 is 9.84 Å². The summed E-state index contributed by atoms with van der Waals surface area (Å²) in [5.74, 6) is -0.389. The van der Waals surface area contributed by atoms with E-state index in [1.807, 2.05) is 44.9 Å². The van der Waals surface area contributed by atoms with Gasteiger partial charge in [0.2, 0.25) is 5.90 Å². The maximum absolute atomic E-state index is 12.7. The average Bonchev–Trinajstić information content (AvgIpc) is 2.71. The maximum atomic E-state index is 12.7. The van der Waals surface area contributed by atoms with Crippen LogP contribution in [0.1, 0.15) is 80.6 Å². The summed E-state index contributed by atoms with van der Waals surface area (Å²) in [5.41, 5.74) is 1.15. The lowest BCUT2D eigenvalue weighted by Gasteiger charge is -2.29. The number of aliphatic hydroxyl groups excluding tert-OH is 1. The number of alkyl halides is 1. The highest BCUT2D eigenvalue weighted by Gasteiger charge is 2.34. The number of aliphatic imine (C=N–C) groups is 3. The second kappa shape index (κ2) is 15.9. The van der Waals surface area contributed by atoms with E-state index >= 15 is 0 Å². The maximum Gasteiger partial charge on any atom is 0.309 e. The molecule has 0 aliphatic heterocycles. The predicted molar refractivity (Wildman–Crippen MR) is 146 cm³/mol. The molecule has 0 aromatic heterocycles. The summed E-state index contributed by atoms with van der Waals surface area (Å²) < 4.78 is 5.36. The van der Waals surface area contributed by atoms with E-state index in [4.69, 9.17) is 9.73 Å². The van der Waals surface area contributed by atoms with Crippen LogP contribution in [0.5, 0.6) is 0 Å². The van der Waals surface area contributed by atoms with E-state index in [9.17, 15) is 14.7 Å². The van der Waals surface area contributed by atoms with Crippen molar-refractivity contribution in [3.63, 3.8) is 0 Å². The first-order valence-corrected chi connectivity index (χ1v) is 13.5. The van der Waals surface area contributed by atoms with Crippen molar-refractivity contribution in [1.82, 2.24) is 0 Å². The number of allylic oxidation sites excluding steroid dienone is 3. The van der Waals surface area contributed by atoms with Crippen molar-refractivity contribution in [3.05, 3.63) is 23.1 Å². The van der Waals surface area contributed by atoms with E-state index in [0.717, 1.165) is 18.5 Å². The van der Waals surface area contributed by atoms with E-state index in [1.165, 1.54) is 6.92 Å². The van der Waals surface area contributed by atoms with Gasteiger partial charge >= 0.3 is 5.97 Å². The molecule has 33 heavy (non-hydrogen) atoms. The van der Waals surface area contributed by atoms with Crippen molar-refractivity contribution in [2.45, 2.75) is 86.6 Å². The fourth-order valence-corrected chi connectivity index (χ4v) is 3.45. The van der Waals surface area contributed by atoms with Crippen LogP contribution in [0.2, 0.25) is 0 Å². The van der Waals surface area contributed by atoms with Crippen LogP contribution < -0.4 is 0 Å². The van der Waals surface area contributed by atoms with E-state index < -0.39 is 12.0 Å². The number of nitrogens with zero attached hydrogens (tertiary/aromatic N) is 3. The summed E-state index contributed by atoms with van der Waals surface area (Å²) in [6.07, 6.45) is 6.68. The van der Waals surface area contributed by atoms with E-state index in [-0.39, 0.29) is 28.4 Å². The van der Waals surface area contributed by atoms with Gasteiger partial charge in [-0.15, -0.1) is 0 Å². The molecule has 0 bridgehead atoms. The predicted octanol–water partition coefficient (Wildman–Crippen LogP) is 6.21. The Kier molecular flexibility index (Phi) is 15.0. The zero-order valence-electron chi connectivity index (χ0n) is 21.4. The Bertz CT molecular complexity index is 824. The smallest absolute Gasteiger partial charge is 0.309 e. The van der Waals surface area contributed by atoms with Crippen LogP contribution in [0.25, 0.3) is 0 Å². The summed E-state index contributed by atoms with van der Waals surface area (Å²) in [6.45, 7) is 13.1. The fourth-order valence-electron chi connectivity index (χ4n) is 3.45. The number of hydrogen-bond acceptors (Lipinski definition) is 7. The summed E-state index contributed by atoms with van der Waals surface area (Å²) in [6, 6.07) is -0.642. The van der Waals surface area contributed by atoms with Gasteiger partial charge in [-0.05, 0) is 37.5 Å². The largest absolute Gasteiger partial charge is 0.511 e. The molecule has 0 aromatic rings. The summed E-state index contributed by atoms with van der Waals surface area (Å²) in [7, 11) is 0. The van der Waals surface area contributed by atoms with Crippen LogP contribution in [0, 0.1) is 5.41 Å². The highest BCUT2D eigenvalue weighted by Crippen LogP contribution is 2.36. The van der Waals surface area contributed by atoms with Crippen LogP contribution in [-0.2, 0) is 14.3 Å². The lowest BCUT2D eigenvalue weighted by Crippen LogP contribution is -2.30. The number of hydrogen-bond donors (Lipinski definition) is 1. The number of aliphatic hydroxyl groups is 1. The number of carbonyl (C=O) groups excluding carboxylic acids is 2. The molecule has 186 valence electrons. The second-order valence-corrected chi connectivity index (χ2v) is 8.48. The topological polar surface area (TPSA) is 101 Å². The molecule has 0 radical (unpaired) electrons. The molecule has 0 saturated carbocycles. The Labute approximate surface area is 212 Å². The van der Waals surface area contributed by atoms with Crippen LogP contribution >= 0.6 is 22.6 Å². The molecule has 0 aromatic carbocycles. The molecule has 1 aliphatic rings. The fraction of sp³-hybridized carbons (Fsp3) is 0.640. The molecule has 0 saturated heterocycles. The third-order valence-corrected chi connectivity index (χ3v) is 4.82. The number of carbonyl (C=O) groups is 2. The molecule has 0 amide bonds. The van der Waals surface area contributed by atoms with Gasteiger partial charge in [0.25, 0.3) is 0 Å². The number of rotatable bonds is 9. The van der Waals surface area contributed by atoms with Gasteiger partial charge in [0, 0.05) is 50.4 Å². The van der Waals surface area contributed by atoms with Gasteiger partial charge in [0.1, 0.15) is 11.8 Å². The van der Waals surface area contributed by atoms with E-state index in [0.29, 0.717) is 31.5 Å². The number of unbranched alkanes of at least 4 members (excludes halogenated alkanes) is 1. The molecule has 1 aliphatic carbocycles. The van der Waals surface area contributed by atoms with E-state index in [1.54, 1.807) is 6.92 Å². The monoisotopic (exact) mass is 573 g/mol. The molecule has 1 atom stereocenters. The number of halogens is 1. The van der Waals surface area contributed by atoms with Crippen LogP contribution in [0.15, 0.2) is 38.1 Å². The first-order valence-electron chi connectivity index (χ1n) is 11.3. The lowest BCUT2D eigenvalue weighted by atomic mass is 9.75. The minimum atomic E-state index is -0.642. The molecule has 0 heterocycles. The zero-order valence-corrected chi connectivity index (χ0v) is 23.5. The minimum Gasteiger partial charge on any atom is -0.511 e. The summed E-state index contributed by atoms with van der Waals surface area (Å²) >= 11 is 2.15.